The van der Waals surface area contributed by atoms with Gasteiger partial charge < -0.3 is 9.47 Å². The van der Waals surface area contributed by atoms with Crippen molar-refractivity contribution in [2.24, 2.45) is 10.2 Å². The quantitative estimate of drug-likeness (QED) is 0.251. The Labute approximate surface area is 68.3 Å². The monoisotopic (exact) mass is 172 g/mol. The molecule has 0 aliphatic heterocycles. The van der Waals surface area contributed by atoms with E-state index in [0.29, 0.717) is 13.2 Å². The molecule has 0 aliphatic rings. The van der Waals surface area contributed by atoms with Gasteiger partial charge in [0, 0.05) is 9.82 Å². The summed E-state index contributed by atoms with van der Waals surface area (Å²) in [6.07, 6.45) is 0. The summed E-state index contributed by atoms with van der Waals surface area (Å²) < 4.78 is 9.55. The summed E-state index contributed by atoms with van der Waals surface area (Å²) in [5.74, 6) is 0. The van der Waals surface area contributed by atoms with Crippen molar-refractivity contribution in [2.45, 2.75) is 0 Å². The van der Waals surface area contributed by atoms with E-state index < -0.39 is 0 Å². The molecule has 0 unspecified atom stereocenters. The highest BCUT2D eigenvalue weighted by molar-refractivity contribution is 4.38. The highest BCUT2D eigenvalue weighted by Crippen LogP contribution is 1.80. The molecular weight excluding hydrogens is 164 g/mol. The Morgan fingerprint density at radius 3 is 1.67 bits per heavy atom. The van der Waals surface area contributed by atoms with Gasteiger partial charge in [0.2, 0.25) is 0 Å². The van der Waals surface area contributed by atoms with Gasteiger partial charge in [0.05, 0.1) is 13.2 Å². The van der Waals surface area contributed by atoms with Crippen molar-refractivity contribution < 1.29 is 9.47 Å². The van der Waals surface area contributed by atoms with Gasteiger partial charge in [0.15, 0.2) is 0 Å². The van der Waals surface area contributed by atoms with E-state index in [0.717, 1.165) is 0 Å². The van der Waals surface area contributed by atoms with Crippen LogP contribution in [0.5, 0.6) is 0 Å². The van der Waals surface area contributed by atoms with Crippen molar-refractivity contribution >= 4 is 0 Å². The van der Waals surface area contributed by atoms with Crippen LogP contribution in [0.25, 0.3) is 20.9 Å². The summed E-state index contributed by atoms with van der Waals surface area (Å²) in [6.45, 7) is 0.586. The smallest absolute Gasteiger partial charge is 0.126 e. The van der Waals surface area contributed by atoms with Crippen LogP contribution in [0.1, 0.15) is 0 Å². The van der Waals surface area contributed by atoms with Crippen molar-refractivity contribution in [3.63, 3.8) is 0 Å². The molecule has 0 aromatic heterocycles. The highest BCUT2D eigenvalue weighted by atomic mass is 16.5. The Balaban J connectivity index is 3.00. The Morgan fingerprint density at radius 1 is 0.917 bits per heavy atom. The van der Waals surface area contributed by atoms with E-state index in [1.165, 1.54) is 0 Å². The second-order valence-corrected chi connectivity index (χ2v) is 1.54. The maximum absolute atomic E-state index is 7.83. The van der Waals surface area contributed by atoms with Gasteiger partial charge in [0.25, 0.3) is 0 Å². The van der Waals surface area contributed by atoms with Crippen LogP contribution in [-0.2, 0) is 9.47 Å². The lowest BCUT2D eigenvalue weighted by molar-refractivity contribution is 0.0531. The molecule has 0 saturated carbocycles. The molecule has 0 N–H and O–H groups in total. The summed E-state index contributed by atoms with van der Waals surface area (Å²) in [7, 11) is 0. The topological polar surface area (TPSA) is 116 Å². The molecule has 0 spiro atoms. The van der Waals surface area contributed by atoms with Crippen LogP contribution in [-0.4, -0.2) is 26.7 Å². The molecular formula is C4H8N6O2. The summed E-state index contributed by atoms with van der Waals surface area (Å²) in [5.41, 5.74) is 15.7. The average molecular weight is 172 g/mol. The highest BCUT2D eigenvalue weighted by Gasteiger charge is 1.85. The lowest BCUT2D eigenvalue weighted by Crippen LogP contribution is -2.03. The Kier molecular flexibility index (Phi) is 8.38. The third-order valence-electron chi connectivity index (χ3n) is 0.797. The predicted octanol–water partition coefficient (Wildman–Crippen LogP) is 1.56. The third kappa shape index (κ3) is 8.54. The first-order valence-corrected chi connectivity index (χ1v) is 3.09. The molecule has 0 aromatic rings. The molecule has 66 valence electrons. The number of nitrogens with zero attached hydrogens (tertiary/aromatic N) is 6. The standard InChI is InChI=1S/C4H8N6O2/c5-9-7-3-11-1-2-12-4-8-10-6/h1-4H2. The van der Waals surface area contributed by atoms with Gasteiger partial charge in [-0.15, -0.1) is 0 Å². The maximum atomic E-state index is 7.83. The van der Waals surface area contributed by atoms with Crippen LogP contribution in [0.3, 0.4) is 0 Å². The fraction of sp³-hybridized carbons (Fsp3) is 1.00. The first-order chi connectivity index (χ1) is 5.91. The Hall–Kier alpha value is -1.46. The number of azide groups is 2. The van der Waals surface area contributed by atoms with Gasteiger partial charge in [-0.1, -0.05) is 10.2 Å². The zero-order valence-electron chi connectivity index (χ0n) is 6.33. The van der Waals surface area contributed by atoms with Gasteiger partial charge in [-0.25, -0.2) is 0 Å². The van der Waals surface area contributed by atoms with Gasteiger partial charge in [-0.05, 0) is 11.1 Å². The lowest BCUT2D eigenvalue weighted by Gasteiger charge is -1.99. The number of rotatable bonds is 7. The molecule has 0 fully saturated rings. The molecule has 0 bridgehead atoms. The van der Waals surface area contributed by atoms with Gasteiger partial charge in [-0.3, -0.25) is 0 Å². The second-order valence-electron chi connectivity index (χ2n) is 1.54. The fourth-order valence-electron chi connectivity index (χ4n) is 0.380. The van der Waals surface area contributed by atoms with Crippen LogP contribution in [0.15, 0.2) is 10.2 Å². The van der Waals surface area contributed by atoms with E-state index in [-0.39, 0.29) is 13.5 Å². The number of hydrogen-bond acceptors (Lipinski definition) is 4. The maximum Gasteiger partial charge on any atom is 0.126 e. The zero-order chi connectivity index (χ0) is 9.07. The van der Waals surface area contributed by atoms with Gasteiger partial charge in [-0.2, -0.15) is 0 Å². The van der Waals surface area contributed by atoms with Crippen LogP contribution in [0.4, 0.5) is 0 Å². The number of hydrogen-bond donors (Lipinski definition) is 0. The minimum absolute atomic E-state index is 0.0125. The van der Waals surface area contributed by atoms with Gasteiger partial charge in [0.1, 0.15) is 13.5 Å². The van der Waals surface area contributed by atoms with E-state index >= 15 is 0 Å². The van der Waals surface area contributed by atoms with Crippen molar-refractivity contribution in [1.82, 2.24) is 0 Å². The lowest BCUT2D eigenvalue weighted by atomic mass is 10.8. The zero-order valence-corrected chi connectivity index (χ0v) is 6.33. The minimum atomic E-state index is -0.0125. The minimum Gasteiger partial charge on any atom is -0.373 e. The van der Waals surface area contributed by atoms with E-state index in [9.17, 15) is 0 Å². The van der Waals surface area contributed by atoms with E-state index in [1.807, 2.05) is 0 Å². The molecule has 0 rings (SSSR count). The molecule has 0 amide bonds. The van der Waals surface area contributed by atoms with Crippen molar-refractivity contribution in [2.75, 3.05) is 26.7 Å². The molecule has 8 nitrogen and oxygen atoms in total. The predicted molar refractivity (Wildman–Crippen MR) is 39.9 cm³/mol. The molecule has 0 aliphatic carbocycles. The van der Waals surface area contributed by atoms with Crippen LogP contribution < -0.4 is 0 Å². The van der Waals surface area contributed by atoms with E-state index in [1.54, 1.807) is 0 Å². The largest absolute Gasteiger partial charge is 0.373 e. The fourth-order valence-corrected chi connectivity index (χ4v) is 0.380. The number of ether oxygens (including phenoxy) is 2. The first kappa shape index (κ1) is 10.5. The molecule has 0 heterocycles. The van der Waals surface area contributed by atoms with E-state index in [4.69, 9.17) is 20.5 Å². The van der Waals surface area contributed by atoms with Crippen molar-refractivity contribution in [1.29, 1.82) is 0 Å². The van der Waals surface area contributed by atoms with Crippen LogP contribution in [0, 0.1) is 0 Å². The van der Waals surface area contributed by atoms with Crippen LogP contribution in [0.2, 0.25) is 0 Å². The summed E-state index contributed by atoms with van der Waals surface area (Å²) in [4.78, 5) is 4.95. The normalized spacial score (nSPS) is 8.33. The molecule has 8 heteroatoms. The second kappa shape index (κ2) is 9.54. The Morgan fingerprint density at radius 2 is 1.33 bits per heavy atom. The van der Waals surface area contributed by atoms with E-state index in [2.05, 4.69) is 20.1 Å². The molecule has 0 radical (unpaired) electrons. The first-order valence-electron chi connectivity index (χ1n) is 3.09. The average Bonchev–Trinajstić information content (AvgIpc) is 2.10. The summed E-state index contributed by atoms with van der Waals surface area (Å²) in [6, 6.07) is 0. The molecule has 0 saturated heterocycles. The summed E-state index contributed by atoms with van der Waals surface area (Å²) >= 11 is 0. The molecule has 0 aromatic carbocycles. The van der Waals surface area contributed by atoms with Crippen molar-refractivity contribution in [3.8, 4) is 0 Å². The summed E-state index contributed by atoms with van der Waals surface area (Å²) in [5, 5.41) is 6.25. The third-order valence-corrected chi connectivity index (χ3v) is 0.797. The Bertz CT molecular complexity index is 172. The van der Waals surface area contributed by atoms with Gasteiger partial charge >= 0.3 is 0 Å². The SMILES string of the molecule is [N-]=[N+]=NCOCCOCN=[N+]=[N-]. The molecule has 12 heavy (non-hydrogen) atoms. The molecule has 0 atom stereocenters. The van der Waals surface area contributed by atoms with Crippen LogP contribution >= 0.6 is 0 Å². The van der Waals surface area contributed by atoms with Crippen molar-refractivity contribution in [3.05, 3.63) is 20.9 Å².